The Balaban J connectivity index is 1.74. The monoisotopic (exact) mass is 346 g/mol. The fourth-order valence-electron chi connectivity index (χ4n) is 3.80. The summed E-state index contributed by atoms with van der Waals surface area (Å²) in [7, 11) is 0. The summed E-state index contributed by atoms with van der Waals surface area (Å²) in [6.07, 6.45) is 0. The molecule has 0 unspecified atom stereocenters. The van der Waals surface area contributed by atoms with Gasteiger partial charge in [0.05, 0.1) is 0 Å². The van der Waals surface area contributed by atoms with Crippen LogP contribution in [0.2, 0.25) is 0 Å². The molecule has 1 heteroatoms. The van der Waals surface area contributed by atoms with Crippen LogP contribution in [0.1, 0.15) is 5.56 Å². The van der Waals surface area contributed by atoms with E-state index in [0.29, 0.717) is 0 Å². The van der Waals surface area contributed by atoms with Crippen LogP contribution >= 0.6 is 0 Å². The summed E-state index contributed by atoms with van der Waals surface area (Å²) < 4.78 is 2.43. The van der Waals surface area contributed by atoms with Gasteiger partial charge in [0.1, 0.15) is 0 Å². The fourth-order valence-corrected chi connectivity index (χ4v) is 3.80. The number of benzene rings is 4. The minimum Gasteiger partial charge on any atom is -0.187 e. The minimum atomic E-state index is 0.852. The highest BCUT2D eigenvalue weighted by Crippen LogP contribution is 2.24. The molecule has 0 aliphatic rings. The van der Waals surface area contributed by atoms with E-state index < -0.39 is 0 Å². The lowest BCUT2D eigenvalue weighted by Crippen LogP contribution is -2.37. The third kappa shape index (κ3) is 2.98. The Morgan fingerprint density at radius 3 is 2.04 bits per heavy atom. The van der Waals surface area contributed by atoms with Gasteiger partial charge < -0.3 is 0 Å². The van der Waals surface area contributed by atoms with E-state index in [9.17, 15) is 0 Å². The largest absolute Gasteiger partial charge is 0.213 e. The van der Waals surface area contributed by atoms with Gasteiger partial charge in [-0.3, -0.25) is 0 Å². The smallest absolute Gasteiger partial charge is 0.187 e. The van der Waals surface area contributed by atoms with E-state index in [-0.39, 0.29) is 0 Å². The van der Waals surface area contributed by atoms with Gasteiger partial charge >= 0.3 is 0 Å². The highest BCUT2D eigenvalue weighted by atomic mass is 15.0. The predicted octanol–water partition coefficient (Wildman–Crippen LogP) is 6.00. The third-order valence-electron chi connectivity index (χ3n) is 5.17. The molecule has 0 bridgehead atoms. The SMILES string of the molecule is c1ccc(C[n+]2c(-c3ccc4ccccc4c3)ccc3ccccc32)cc1. The number of para-hydroxylation sites is 1. The van der Waals surface area contributed by atoms with Crippen molar-refractivity contribution in [1.82, 2.24) is 0 Å². The predicted molar refractivity (Wildman–Crippen MR) is 113 cm³/mol. The van der Waals surface area contributed by atoms with Crippen LogP contribution in [0.15, 0.2) is 109 Å². The second-order valence-electron chi connectivity index (χ2n) is 6.91. The first kappa shape index (κ1) is 15.8. The summed E-state index contributed by atoms with van der Waals surface area (Å²) in [5.74, 6) is 0. The van der Waals surface area contributed by atoms with Crippen LogP contribution < -0.4 is 4.57 Å². The molecule has 1 aromatic heterocycles. The molecule has 0 amide bonds. The van der Waals surface area contributed by atoms with Crippen LogP contribution in [0.5, 0.6) is 0 Å². The average Bonchev–Trinajstić information content (AvgIpc) is 2.74. The first-order valence-corrected chi connectivity index (χ1v) is 9.33. The van der Waals surface area contributed by atoms with E-state index in [1.54, 1.807) is 0 Å². The van der Waals surface area contributed by atoms with Gasteiger partial charge in [-0.05, 0) is 35.0 Å². The van der Waals surface area contributed by atoms with Gasteiger partial charge in [0.15, 0.2) is 6.54 Å². The van der Waals surface area contributed by atoms with Crippen LogP contribution in [0.3, 0.4) is 0 Å². The zero-order chi connectivity index (χ0) is 18.1. The molecule has 0 radical (unpaired) electrons. The van der Waals surface area contributed by atoms with Crippen molar-refractivity contribution in [3.63, 3.8) is 0 Å². The molecule has 27 heavy (non-hydrogen) atoms. The van der Waals surface area contributed by atoms with Crippen LogP contribution in [0.25, 0.3) is 32.9 Å². The highest BCUT2D eigenvalue weighted by molar-refractivity contribution is 5.87. The summed E-state index contributed by atoms with van der Waals surface area (Å²) in [4.78, 5) is 0. The first-order chi connectivity index (χ1) is 13.4. The van der Waals surface area contributed by atoms with Gasteiger partial charge in [-0.15, -0.1) is 0 Å². The molecule has 0 saturated heterocycles. The van der Waals surface area contributed by atoms with Gasteiger partial charge in [-0.1, -0.05) is 72.8 Å². The van der Waals surface area contributed by atoms with Gasteiger partial charge in [0.25, 0.3) is 0 Å². The van der Waals surface area contributed by atoms with E-state index in [1.807, 2.05) is 0 Å². The second kappa shape index (κ2) is 6.69. The maximum absolute atomic E-state index is 2.43. The average molecular weight is 346 g/mol. The molecule has 0 spiro atoms. The molecule has 1 heterocycles. The molecular formula is C26H20N+. The third-order valence-corrected chi connectivity index (χ3v) is 5.17. The lowest BCUT2D eigenvalue weighted by molar-refractivity contribution is -0.651. The molecule has 0 N–H and O–H groups in total. The van der Waals surface area contributed by atoms with Crippen molar-refractivity contribution in [2.24, 2.45) is 0 Å². The van der Waals surface area contributed by atoms with Crippen molar-refractivity contribution in [2.75, 3.05) is 0 Å². The summed E-state index contributed by atoms with van der Waals surface area (Å²) >= 11 is 0. The minimum absolute atomic E-state index is 0.852. The van der Waals surface area contributed by atoms with Crippen molar-refractivity contribution in [3.8, 4) is 11.3 Å². The van der Waals surface area contributed by atoms with Crippen molar-refractivity contribution in [2.45, 2.75) is 6.54 Å². The Labute approximate surface area is 159 Å². The van der Waals surface area contributed by atoms with Gasteiger partial charge in [-0.25, -0.2) is 0 Å². The van der Waals surface area contributed by atoms with Crippen LogP contribution in [-0.2, 0) is 6.54 Å². The molecule has 0 fully saturated rings. The number of aromatic nitrogens is 1. The number of pyridine rings is 1. The van der Waals surface area contributed by atoms with Crippen molar-refractivity contribution >= 4 is 21.7 Å². The second-order valence-corrected chi connectivity index (χ2v) is 6.91. The number of hydrogen-bond acceptors (Lipinski definition) is 0. The van der Waals surface area contributed by atoms with E-state index in [4.69, 9.17) is 0 Å². The molecule has 4 aromatic carbocycles. The van der Waals surface area contributed by atoms with E-state index >= 15 is 0 Å². The Hall–Kier alpha value is -3.45. The first-order valence-electron chi connectivity index (χ1n) is 9.33. The van der Waals surface area contributed by atoms with Gasteiger partial charge in [-0.2, -0.15) is 4.57 Å². The zero-order valence-electron chi connectivity index (χ0n) is 15.0. The van der Waals surface area contributed by atoms with Gasteiger partial charge in [0, 0.05) is 28.6 Å². The Morgan fingerprint density at radius 2 is 1.19 bits per heavy atom. The number of nitrogens with zero attached hydrogens (tertiary/aromatic N) is 1. The van der Waals surface area contributed by atoms with Crippen molar-refractivity contribution < 1.29 is 4.57 Å². The maximum atomic E-state index is 2.43. The lowest BCUT2D eigenvalue weighted by Gasteiger charge is -2.09. The summed E-state index contributed by atoms with van der Waals surface area (Å²) in [5, 5.41) is 3.81. The highest BCUT2D eigenvalue weighted by Gasteiger charge is 2.18. The Bertz CT molecular complexity index is 1240. The van der Waals surface area contributed by atoms with Crippen LogP contribution in [0, 0.1) is 0 Å². The lowest BCUT2D eigenvalue weighted by atomic mass is 10.0. The molecule has 0 aliphatic carbocycles. The summed E-state index contributed by atoms with van der Waals surface area (Å²) in [6.45, 7) is 0.852. The van der Waals surface area contributed by atoms with Crippen molar-refractivity contribution in [3.05, 3.63) is 115 Å². The molecule has 5 aromatic rings. The molecular weight excluding hydrogens is 326 g/mol. The molecule has 0 saturated carbocycles. The van der Waals surface area contributed by atoms with E-state index in [0.717, 1.165) is 6.54 Å². The molecule has 0 atom stereocenters. The van der Waals surface area contributed by atoms with Gasteiger partial charge in [0.2, 0.25) is 11.2 Å². The number of fused-ring (bicyclic) bond motifs is 2. The van der Waals surface area contributed by atoms with E-state index in [2.05, 4.69) is 114 Å². The van der Waals surface area contributed by atoms with Crippen LogP contribution in [0.4, 0.5) is 0 Å². The van der Waals surface area contributed by atoms with E-state index in [1.165, 1.54) is 38.5 Å². The Morgan fingerprint density at radius 1 is 0.519 bits per heavy atom. The standard InChI is InChI=1S/C26H20N/c1-2-8-20(9-3-1)19-27-25-13-7-6-11-22(25)16-17-26(27)24-15-14-21-10-4-5-12-23(21)18-24/h1-18H,19H2/q+1. The Kier molecular flexibility index (Phi) is 3.91. The topological polar surface area (TPSA) is 3.88 Å². The van der Waals surface area contributed by atoms with Crippen molar-refractivity contribution in [1.29, 1.82) is 0 Å². The normalized spacial score (nSPS) is 11.1. The van der Waals surface area contributed by atoms with Crippen LogP contribution in [-0.4, -0.2) is 0 Å². The number of rotatable bonds is 3. The summed E-state index contributed by atoms with van der Waals surface area (Å²) in [5.41, 5.74) is 5.05. The molecule has 5 rings (SSSR count). The zero-order valence-corrected chi connectivity index (χ0v) is 15.0. The maximum Gasteiger partial charge on any atom is 0.213 e. The summed E-state index contributed by atoms with van der Waals surface area (Å²) in [6, 6.07) is 39.0. The number of hydrogen-bond donors (Lipinski definition) is 0. The molecule has 1 nitrogen and oxygen atoms in total. The quantitative estimate of drug-likeness (QED) is 0.353. The molecule has 128 valence electrons. The fraction of sp³-hybridized carbons (Fsp3) is 0.0385. The molecule has 0 aliphatic heterocycles.